The summed E-state index contributed by atoms with van der Waals surface area (Å²) in [6.07, 6.45) is 7.72. The minimum Gasteiger partial charge on any atom is -0.393 e. The van der Waals surface area contributed by atoms with Crippen LogP contribution in [0.1, 0.15) is 38.5 Å². The van der Waals surface area contributed by atoms with Crippen LogP contribution < -0.4 is 4.72 Å². The second-order valence-corrected chi connectivity index (χ2v) is 7.76. The Morgan fingerprint density at radius 3 is 2.63 bits per heavy atom. The molecule has 1 saturated heterocycles. The van der Waals surface area contributed by atoms with Crippen molar-refractivity contribution in [1.82, 2.24) is 9.62 Å². The average molecular weight is 290 g/mol. The SMILES string of the molecule is CS(=O)(=O)NCCN1CCCC1C1CCCCC1O. The second kappa shape index (κ2) is 6.52. The van der Waals surface area contributed by atoms with Gasteiger partial charge in [-0.15, -0.1) is 0 Å². The number of likely N-dealkylation sites (tertiary alicyclic amines) is 1. The summed E-state index contributed by atoms with van der Waals surface area (Å²) in [4.78, 5) is 2.36. The molecule has 0 amide bonds. The minimum absolute atomic E-state index is 0.165. The molecule has 1 aliphatic heterocycles. The van der Waals surface area contributed by atoms with Crippen LogP contribution in [0.15, 0.2) is 0 Å². The maximum absolute atomic E-state index is 11.1. The van der Waals surface area contributed by atoms with Gasteiger partial charge in [0.1, 0.15) is 0 Å². The Hall–Kier alpha value is -0.170. The second-order valence-electron chi connectivity index (χ2n) is 5.93. The van der Waals surface area contributed by atoms with Crippen molar-refractivity contribution in [2.24, 2.45) is 5.92 Å². The normalized spacial score (nSPS) is 33.7. The lowest BCUT2D eigenvalue weighted by atomic mass is 9.80. The number of aliphatic hydroxyl groups excluding tert-OH is 1. The summed E-state index contributed by atoms with van der Waals surface area (Å²) in [5.74, 6) is 0.384. The van der Waals surface area contributed by atoms with Gasteiger partial charge in [-0.05, 0) is 32.2 Å². The van der Waals surface area contributed by atoms with E-state index in [1.807, 2.05) is 0 Å². The molecule has 3 unspecified atom stereocenters. The molecule has 2 N–H and O–H groups in total. The highest BCUT2D eigenvalue weighted by atomic mass is 32.2. The van der Waals surface area contributed by atoms with Crippen molar-refractivity contribution in [2.45, 2.75) is 50.7 Å². The summed E-state index contributed by atoms with van der Waals surface area (Å²) in [6.45, 7) is 2.25. The van der Waals surface area contributed by atoms with Gasteiger partial charge in [-0.1, -0.05) is 12.8 Å². The fraction of sp³-hybridized carbons (Fsp3) is 1.00. The quantitative estimate of drug-likeness (QED) is 0.776. The fourth-order valence-electron chi connectivity index (χ4n) is 3.58. The van der Waals surface area contributed by atoms with E-state index >= 15 is 0 Å². The number of hydrogen-bond donors (Lipinski definition) is 2. The zero-order valence-electron chi connectivity index (χ0n) is 11.7. The first kappa shape index (κ1) is 15.2. The minimum atomic E-state index is -3.09. The molecule has 0 aromatic heterocycles. The lowest BCUT2D eigenvalue weighted by Gasteiger charge is -2.37. The van der Waals surface area contributed by atoms with Crippen LogP contribution in [0, 0.1) is 5.92 Å². The Labute approximate surface area is 116 Å². The predicted octanol–water partition coefficient (Wildman–Crippen LogP) is 0.551. The molecule has 0 aromatic rings. The smallest absolute Gasteiger partial charge is 0.208 e. The number of hydrogen-bond acceptors (Lipinski definition) is 4. The molecule has 0 spiro atoms. The zero-order valence-corrected chi connectivity index (χ0v) is 12.5. The Balaban J connectivity index is 1.86. The topological polar surface area (TPSA) is 69.6 Å². The molecule has 1 saturated carbocycles. The van der Waals surface area contributed by atoms with Crippen LogP contribution in [0.3, 0.4) is 0 Å². The lowest BCUT2D eigenvalue weighted by molar-refractivity contribution is 0.0227. The van der Waals surface area contributed by atoms with Gasteiger partial charge in [0.25, 0.3) is 0 Å². The summed E-state index contributed by atoms with van der Waals surface area (Å²) in [7, 11) is -3.09. The zero-order chi connectivity index (χ0) is 13.9. The van der Waals surface area contributed by atoms with E-state index in [1.54, 1.807) is 0 Å². The first-order valence-electron chi connectivity index (χ1n) is 7.34. The van der Waals surface area contributed by atoms with E-state index in [2.05, 4.69) is 9.62 Å². The Morgan fingerprint density at radius 2 is 1.95 bits per heavy atom. The summed E-state index contributed by atoms with van der Waals surface area (Å²) in [6, 6.07) is 0.441. The van der Waals surface area contributed by atoms with Crippen molar-refractivity contribution < 1.29 is 13.5 Å². The van der Waals surface area contributed by atoms with E-state index in [1.165, 1.54) is 12.7 Å². The molecule has 2 rings (SSSR count). The van der Waals surface area contributed by atoms with Gasteiger partial charge in [0, 0.05) is 25.0 Å². The molecular formula is C13H26N2O3S. The van der Waals surface area contributed by atoms with Gasteiger partial charge in [0.2, 0.25) is 10.0 Å². The van der Waals surface area contributed by atoms with Crippen LogP contribution in [0.25, 0.3) is 0 Å². The van der Waals surface area contributed by atoms with E-state index in [0.29, 0.717) is 18.5 Å². The largest absolute Gasteiger partial charge is 0.393 e. The van der Waals surface area contributed by atoms with Crippen molar-refractivity contribution >= 4 is 10.0 Å². The molecule has 1 heterocycles. The van der Waals surface area contributed by atoms with Gasteiger partial charge < -0.3 is 5.11 Å². The van der Waals surface area contributed by atoms with Gasteiger partial charge in [-0.25, -0.2) is 13.1 Å². The van der Waals surface area contributed by atoms with Crippen molar-refractivity contribution in [3.05, 3.63) is 0 Å². The van der Waals surface area contributed by atoms with Crippen LogP contribution in [0.5, 0.6) is 0 Å². The van der Waals surface area contributed by atoms with Gasteiger partial charge >= 0.3 is 0 Å². The number of sulfonamides is 1. The third kappa shape index (κ3) is 4.41. The Bertz CT molecular complexity index is 385. The average Bonchev–Trinajstić information content (AvgIpc) is 2.76. The van der Waals surface area contributed by atoms with Crippen LogP contribution in [-0.2, 0) is 10.0 Å². The van der Waals surface area contributed by atoms with Gasteiger partial charge in [0.15, 0.2) is 0 Å². The molecule has 1 aliphatic carbocycles. The molecular weight excluding hydrogens is 264 g/mol. The molecule has 2 fully saturated rings. The summed E-state index contributed by atoms with van der Waals surface area (Å²) >= 11 is 0. The summed E-state index contributed by atoms with van der Waals surface area (Å²) in [5, 5.41) is 10.2. The van der Waals surface area contributed by atoms with Gasteiger partial charge in [-0.3, -0.25) is 4.90 Å². The predicted molar refractivity (Wildman–Crippen MR) is 75.4 cm³/mol. The molecule has 0 aromatic carbocycles. The third-order valence-electron chi connectivity index (χ3n) is 4.45. The molecule has 0 radical (unpaired) electrons. The van der Waals surface area contributed by atoms with E-state index in [4.69, 9.17) is 0 Å². The maximum atomic E-state index is 11.1. The van der Waals surface area contributed by atoms with Crippen LogP contribution in [0.4, 0.5) is 0 Å². The maximum Gasteiger partial charge on any atom is 0.208 e. The van der Waals surface area contributed by atoms with Crippen LogP contribution >= 0.6 is 0 Å². The van der Waals surface area contributed by atoms with Crippen LogP contribution in [-0.4, -0.2) is 56.5 Å². The number of rotatable bonds is 5. The molecule has 19 heavy (non-hydrogen) atoms. The fourth-order valence-corrected chi connectivity index (χ4v) is 4.04. The first-order valence-corrected chi connectivity index (χ1v) is 9.23. The highest BCUT2D eigenvalue weighted by Gasteiger charge is 2.36. The highest BCUT2D eigenvalue weighted by molar-refractivity contribution is 7.88. The van der Waals surface area contributed by atoms with Crippen molar-refractivity contribution in [3.63, 3.8) is 0 Å². The van der Waals surface area contributed by atoms with Gasteiger partial charge in [0.05, 0.1) is 12.4 Å². The third-order valence-corrected chi connectivity index (χ3v) is 5.18. The van der Waals surface area contributed by atoms with Crippen molar-refractivity contribution in [3.8, 4) is 0 Å². The molecule has 6 heteroatoms. The summed E-state index contributed by atoms with van der Waals surface area (Å²) < 4.78 is 24.7. The van der Waals surface area contributed by atoms with Crippen LogP contribution in [0.2, 0.25) is 0 Å². The molecule has 3 atom stereocenters. The Morgan fingerprint density at radius 1 is 1.21 bits per heavy atom. The number of aliphatic hydroxyl groups is 1. The number of nitrogens with one attached hydrogen (secondary N) is 1. The summed E-state index contributed by atoms with van der Waals surface area (Å²) in [5.41, 5.74) is 0. The molecule has 112 valence electrons. The molecule has 2 aliphatic rings. The Kier molecular flexibility index (Phi) is 5.22. The standard InChI is InChI=1S/C13H26N2O3S/c1-19(17,18)14-8-10-15-9-4-6-12(15)11-5-2-3-7-13(11)16/h11-14,16H,2-10H2,1H3. The van der Waals surface area contributed by atoms with E-state index in [-0.39, 0.29) is 6.10 Å². The highest BCUT2D eigenvalue weighted by Crippen LogP contribution is 2.34. The number of nitrogens with zero attached hydrogens (tertiary/aromatic N) is 1. The van der Waals surface area contributed by atoms with E-state index in [0.717, 1.165) is 45.2 Å². The lowest BCUT2D eigenvalue weighted by Crippen LogP contribution is -2.45. The van der Waals surface area contributed by atoms with Gasteiger partial charge in [-0.2, -0.15) is 0 Å². The van der Waals surface area contributed by atoms with Crippen molar-refractivity contribution in [1.29, 1.82) is 0 Å². The monoisotopic (exact) mass is 290 g/mol. The van der Waals surface area contributed by atoms with E-state index in [9.17, 15) is 13.5 Å². The first-order chi connectivity index (χ1) is 8.97. The molecule has 0 bridgehead atoms. The van der Waals surface area contributed by atoms with Crippen molar-refractivity contribution in [2.75, 3.05) is 25.9 Å². The van der Waals surface area contributed by atoms with E-state index < -0.39 is 10.0 Å². The molecule has 5 nitrogen and oxygen atoms in total.